The van der Waals surface area contributed by atoms with Crippen molar-refractivity contribution in [1.82, 2.24) is 16.0 Å². The topological polar surface area (TPSA) is 151 Å². The largest absolute Gasteiger partial charge is 0.480 e. The number of carboxylic acid groups (broad SMARTS) is 1. The smallest absolute Gasteiger partial charge is 0.325 e. The van der Waals surface area contributed by atoms with Gasteiger partial charge in [-0.1, -0.05) is 13.8 Å². The number of hydrogen-bond donors (Lipinski definition) is 5. The maximum atomic E-state index is 12.3. The van der Waals surface area contributed by atoms with Gasteiger partial charge >= 0.3 is 5.97 Å². The molecule has 0 saturated heterocycles. The summed E-state index contributed by atoms with van der Waals surface area (Å²) in [5, 5.41) is 16.1. The molecule has 9 heteroatoms. The third-order valence-corrected chi connectivity index (χ3v) is 3.23. The van der Waals surface area contributed by atoms with E-state index in [4.69, 9.17) is 10.8 Å². The zero-order chi connectivity index (χ0) is 19.0. The van der Waals surface area contributed by atoms with Crippen LogP contribution in [0.2, 0.25) is 0 Å². The first-order valence-corrected chi connectivity index (χ1v) is 7.85. The highest BCUT2D eigenvalue weighted by Crippen LogP contribution is 2.06. The lowest BCUT2D eigenvalue weighted by Crippen LogP contribution is -2.56. The van der Waals surface area contributed by atoms with E-state index in [0.29, 0.717) is 6.42 Å². The van der Waals surface area contributed by atoms with Crippen LogP contribution in [0.3, 0.4) is 0 Å². The van der Waals surface area contributed by atoms with Gasteiger partial charge in [-0.05, 0) is 33.1 Å². The molecule has 9 nitrogen and oxygen atoms in total. The van der Waals surface area contributed by atoms with Crippen molar-refractivity contribution < 1.29 is 24.3 Å². The van der Waals surface area contributed by atoms with E-state index in [0.717, 1.165) is 0 Å². The van der Waals surface area contributed by atoms with Crippen molar-refractivity contribution in [2.45, 2.75) is 65.2 Å². The van der Waals surface area contributed by atoms with E-state index in [9.17, 15) is 19.2 Å². The van der Waals surface area contributed by atoms with Crippen molar-refractivity contribution in [3.05, 3.63) is 0 Å². The van der Waals surface area contributed by atoms with Crippen LogP contribution in [-0.4, -0.2) is 53.0 Å². The number of carbonyl (C=O) groups is 4. The minimum Gasteiger partial charge on any atom is -0.480 e. The standard InChI is InChI=1S/C15H28N4O5/c1-7(2)6-11(19-12(20)8(3)16)14(22)17-9(4)13(21)18-10(5)15(23)24/h7-11H,6,16H2,1-5H3,(H,17,22)(H,18,21)(H,19,20)(H,23,24)/t8-,9-,10-,11-/m0/s1. The Labute approximate surface area is 141 Å². The minimum atomic E-state index is -1.18. The first kappa shape index (κ1) is 21.8. The second-order valence-corrected chi connectivity index (χ2v) is 6.28. The summed E-state index contributed by atoms with van der Waals surface area (Å²) in [7, 11) is 0. The predicted octanol–water partition coefficient (Wildman–Crippen LogP) is -1.04. The summed E-state index contributed by atoms with van der Waals surface area (Å²) in [6.07, 6.45) is 0.379. The van der Waals surface area contributed by atoms with Gasteiger partial charge in [0.1, 0.15) is 18.1 Å². The predicted molar refractivity (Wildman–Crippen MR) is 87.9 cm³/mol. The lowest BCUT2D eigenvalue weighted by Gasteiger charge is -2.23. The quantitative estimate of drug-likeness (QED) is 0.360. The molecule has 0 aliphatic heterocycles. The SMILES string of the molecule is CC(C)C[C@H](NC(=O)[C@H](C)N)C(=O)N[C@@H](C)C(=O)N[C@@H](C)C(=O)O. The Morgan fingerprint density at radius 1 is 0.833 bits per heavy atom. The molecule has 0 rings (SSSR count). The van der Waals surface area contributed by atoms with Crippen LogP contribution in [0.25, 0.3) is 0 Å². The lowest BCUT2D eigenvalue weighted by atomic mass is 10.0. The van der Waals surface area contributed by atoms with Gasteiger partial charge in [0, 0.05) is 0 Å². The average Bonchev–Trinajstić information content (AvgIpc) is 2.45. The molecule has 0 aliphatic carbocycles. The van der Waals surface area contributed by atoms with Crippen LogP contribution < -0.4 is 21.7 Å². The molecule has 24 heavy (non-hydrogen) atoms. The fraction of sp³-hybridized carbons (Fsp3) is 0.733. The summed E-state index contributed by atoms with van der Waals surface area (Å²) in [5.74, 6) is -2.66. The van der Waals surface area contributed by atoms with Gasteiger partial charge in [0.2, 0.25) is 17.7 Å². The number of amides is 3. The molecule has 138 valence electrons. The van der Waals surface area contributed by atoms with E-state index >= 15 is 0 Å². The molecule has 0 aromatic rings. The van der Waals surface area contributed by atoms with E-state index < -0.39 is 47.9 Å². The van der Waals surface area contributed by atoms with E-state index in [2.05, 4.69) is 16.0 Å². The summed E-state index contributed by atoms with van der Waals surface area (Å²) in [4.78, 5) is 46.6. The van der Waals surface area contributed by atoms with E-state index in [1.54, 1.807) is 0 Å². The molecule has 0 aromatic carbocycles. The van der Waals surface area contributed by atoms with Gasteiger partial charge in [-0.3, -0.25) is 19.2 Å². The molecule has 0 aliphatic rings. The normalized spacial score (nSPS) is 15.8. The van der Waals surface area contributed by atoms with Crippen LogP contribution in [0, 0.1) is 5.92 Å². The summed E-state index contributed by atoms with van der Waals surface area (Å²) in [6.45, 7) is 8.04. The van der Waals surface area contributed by atoms with Gasteiger partial charge in [0.15, 0.2) is 0 Å². The number of carbonyl (C=O) groups excluding carboxylic acids is 3. The summed E-state index contributed by atoms with van der Waals surface area (Å²) in [5.41, 5.74) is 5.48. The van der Waals surface area contributed by atoms with Crippen LogP contribution >= 0.6 is 0 Å². The number of nitrogens with one attached hydrogen (secondary N) is 3. The number of carboxylic acids is 1. The summed E-state index contributed by atoms with van der Waals surface area (Å²) < 4.78 is 0. The van der Waals surface area contributed by atoms with Crippen molar-refractivity contribution in [1.29, 1.82) is 0 Å². The second-order valence-electron chi connectivity index (χ2n) is 6.28. The van der Waals surface area contributed by atoms with Crippen molar-refractivity contribution in [3.63, 3.8) is 0 Å². The Morgan fingerprint density at radius 3 is 1.75 bits per heavy atom. The van der Waals surface area contributed by atoms with Crippen molar-refractivity contribution in [2.24, 2.45) is 11.7 Å². The third-order valence-electron chi connectivity index (χ3n) is 3.23. The monoisotopic (exact) mass is 344 g/mol. The molecule has 4 atom stereocenters. The number of aliphatic carboxylic acids is 1. The Bertz CT molecular complexity index is 478. The van der Waals surface area contributed by atoms with E-state index in [1.165, 1.54) is 20.8 Å². The van der Waals surface area contributed by atoms with E-state index in [-0.39, 0.29) is 5.92 Å². The molecule has 0 fully saturated rings. The fourth-order valence-corrected chi connectivity index (χ4v) is 1.79. The maximum Gasteiger partial charge on any atom is 0.325 e. The molecule has 0 spiro atoms. The highest BCUT2D eigenvalue weighted by Gasteiger charge is 2.27. The number of hydrogen-bond acceptors (Lipinski definition) is 5. The molecule has 0 saturated carbocycles. The summed E-state index contributed by atoms with van der Waals surface area (Å²) >= 11 is 0. The Morgan fingerprint density at radius 2 is 1.33 bits per heavy atom. The zero-order valence-electron chi connectivity index (χ0n) is 14.8. The highest BCUT2D eigenvalue weighted by molar-refractivity contribution is 5.93. The molecule has 0 heterocycles. The van der Waals surface area contributed by atoms with Crippen molar-refractivity contribution in [2.75, 3.05) is 0 Å². The summed E-state index contributed by atoms with van der Waals surface area (Å²) in [6, 6.07) is -3.59. The first-order chi connectivity index (χ1) is 11.0. The molecular weight excluding hydrogens is 316 g/mol. The first-order valence-electron chi connectivity index (χ1n) is 7.85. The van der Waals surface area contributed by atoms with E-state index in [1.807, 2.05) is 13.8 Å². The molecular formula is C15H28N4O5. The second kappa shape index (κ2) is 9.86. The molecule has 0 bridgehead atoms. The van der Waals surface area contributed by atoms with Gasteiger partial charge in [-0.2, -0.15) is 0 Å². The van der Waals surface area contributed by atoms with Crippen LogP contribution in [0.5, 0.6) is 0 Å². The Kier molecular flexibility index (Phi) is 8.97. The third kappa shape index (κ3) is 7.91. The van der Waals surface area contributed by atoms with Gasteiger partial charge in [0.25, 0.3) is 0 Å². The minimum absolute atomic E-state index is 0.130. The molecule has 3 amide bonds. The van der Waals surface area contributed by atoms with Crippen LogP contribution in [0.4, 0.5) is 0 Å². The lowest BCUT2D eigenvalue weighted by molar-refractivity contribution is -0.141. The van der Waals surface area contributed by atoms with Gasteiger partial charge in [-0.15, -0.1) is 0 Å². The number of rotatable bonds is 9. The average molecular weight is 344 g/mol. The molecule has 0 radical (unpaired) electrons. The Hall–Kier alpha value is -2.16. The van der Waals surface area contributed by atoms with Crippen LogP contribution in [0.15, 0.2) is 0 Å². The highest BCUT2D eigenvalue weighted by atomic mass is 16.4. The van der Waals surface area contributed by atoms with Crippen molar-refractivity contribution in [3.8, 4) is 0 Å². The van der Waals surface area contributed by atoms with Gasteiger partial charge in [-0.25, -0.2) is 0 Å². The van der Waals surface area contributed by atoms with Crippen LogP contribution in [-0.2, 0) is 19.2 Å². The molecule has 0 unspecified atom stereocenters. The maximum absolute atomic E-state index is 12.3. The zero-order valence-corrected chi connectivity index (χ0v) is 14.8. The fourth-order valence-electron chi connectivity index (χ4n) is 1.79. The number of nitrogens with two attached hydrogens (primary N) is 1. The van der Waals surface area contributed by atoms with Gasteiger partial charge in [0.05, 0.1) is 6.04 Å². The van der Waals surface area contributed by atoms with Crippen LogP contribution in [0.1, 0.15) is 41.0 Å². The Balaban J connectivity index is 4.82. The van der Waals surface area contributed by atoms with Crippen molar-refractivity contribution >= 4 is 23.7 Å². The molecule has 6 N–H and O–H groups in total. The van der Waals surface area contributed by atoms with Gasteiger partial charge < -0.3 is 26.8 Å². The molecule has 0 aromatic heterocycles.